The van der Waals surface area contributed by atoms with E-state index in [0.717, 1.165) is 61.1 Å². The highest BCUT2D eigenvalue weighted by molar-refractivity contribution is 6.20. The number of benzene rings is 7. The van der Waals surface area contributed by atoms with E-state index in [9.17, 15) is 0 Å². The number of hydrogen-bond acceptors (Lipinski definition) is 4. The predicted octanol–water partition coefficient (Wildman–Crippen LogP) is 11.0. The number of fused-ring (bicyclic) bond motifs is 5. The van der Waals surface area contributed by atoms with Crippen molar-refractivity contribution in [2.45, 2.75) is 0 Å². The molecule has 0 unspecified atom stereocenters. The maximum Gasteiger partial charge on any atom is 0.164 e. The third kappa shape index (κ3) is 5.05. The van der Waals surface area contributed by atoms with Gasteiger partial charge in [-0.05, 0) is 59.7 Å². The van der Waals surface area contributed by atoms with Gasteiger partial charge in [0.15, 0.2) is 17.5 Å². The molecule has 0 bridgehead atoms. The lowest BCUT2D eigenvalue weighted by Crippen LogP contribution is -2.00. The Bertz CT molecular complexity index is 2820. The number of para-hydroxylation sites is 2. The van der Waals surface area contributed by atoms with Gasteiger partial charge in [-0.15, -0.1) is 0 Å². The van der Waals surface area contributed by atoms with Gasteiger partial charge in [0.05, 0.1) is 28.4 Å². The van der Waals surface area contributed by atoms with Gasteiger partial charge in [-0.3, -0.25) is 0 Å². The van der Waals surface area contributed by atoms with Gasteiger partial charge in [-0.1, -0.05) is 127 Å². The Morgan fingerprint density at radius 3 is 1.60 bits per heavy atom. The van der Waals surface area contributed by atoms with Crippen LogP contribution in [0.1, 0.15) is 0 Å². The van der Waals surface area contributed by atoms with Gasteiger partial charge in [0.2, 0.25) is 0 Å². The Morgan fingerprint density at radius 1 is 0.346 bits per heavy atom. The summed E-state index contributed by atoms with van der Waals surface area (Å²) in [5.41, 5.74) is 10.6. The Morgan fingerprint density at radius 2 is 0.904 bits per heavy atom. The van der Waals surface area contributed by atoms with Crippen molar-refractivity contribution in [2.24, 2.45) is 0 Å². The minimum absolute atomic E-state index is 0.637. The molecule has 0 aliphatic rings. The number of nitrogens with zero attached hydrogens (tertiary/aromatic N) is 6. The van der Waals surface area contributed by atoms with Crippen LogP contribution in [-0.2, 0) is 0 Å². The summed E-state index contributed by atoms with van der Waals surface area (Å²) >= 11 is 0. The molecule has 0 aliphatic heterocycles. The van der Waals surface area contributed by atoms with Gasteiger partial charge in [-0.25, -0.2) is 19.6 Å². The molecule has 10 rings (SSSR count). The molecule has 0 fully saturated rings. The summed E-state index contributed by atoms with van der Waals surface area (Å²) in [7, 11) is 0. The van der Waals surface area contributed by atoms with Crippen LogP contribution in [0.4, 0.5) is 0 Å². The Balaban J connectivity index is 1.05. The fourth-order valence-electron chi connectivity index (χ4n) is 7.20. The summed E-state index contributed by atoms with van der Waals surface area (Å²) < 4.78 is 4.37. The van der Waals surface area contributed by atoms with Crippen molar-refractivity contribution in [1.82, 2.24) is 29.3 Å². The Labute approximate surface area is 300 Å². The van der Waals surface area contributed by atoms with Crippen LogP contribution in [0.3, 0.4) is 0 Å². The molecule has 0 spiro atoms. The highest BCUT2D eigenvalue weighted by atomic mass is 15.3. The molecule has 6 nitrogen and oxygen atoms in total. The van der Waals surface area contributed by atoms with Crippen LogP contribution >= 0.6 is 0 Å². The van der Waals surface area contributed by atoms with Gasteiger partial charge in [0, 0.05) is 38.5 Å². The maximum atomic E-state index is 4.95. The van der Waals surface area contributed by atoms with Crippen LogP contribution in [0, 0.1) is 0 Å². The molecule has 0 amide bonds. The second-order valence-corrected chi connectivity index (χ2v) is 12.8. The zero-order chi connectivity index (χ0) is 34.4. The smallest absolute Gasteiger partial charge is 0.164 e. The lowest BCUT2D eigenvalue weighted by Gasteiger charge is -2.11. The summed E-state index contributed by atoms with van der Waals surface area (Å²) in [6.45, 7) is 0. The second-order valence-electron chi connectivity index (χ2n) is 12.8. The van der Waals surface area contributed by atoms with E-state index in [2.05, 4.69) is 102 Å². The average Bonchev–Trinajstić information content (AvgIpc) is 3.81. The SMILES string of the molecule is c1ccc(-c2nc(-c3ccccc3)nc(-c3cccc(-c4ccc(-n5c6ccccc6c6c7cnn(-c8ccccc8)c7ccc65)cc4)c3)n2)cc1. The molecule has 0 saturated carbocycles. The van der Waals surface area contributed by atoms with E-state index in [-0.39, 0.29) is 0 Å². The standard InChI is InChI=1S/C46H30N6/c1-4-13-32(14-5-1)44-48-45(33-15-6-2-7-16-33)50-46(49-44)35-18-12-17-34(29-35)31-23-25-36(26-24-31)51-40-22-11-10-21-38(40)43-39-30-47-52(37-19-8-3-9-20-37)41(39)27-28-42(43)51/h1-30H. The summed E-state index contributed by atoms with van der Waals surface area (Å²) in [5, 5.41) is 8.35. The van der Waals surface area contributed by atoms with Crippen LogP contribution in [0.5, 0.6) is 0 Å². The monoisotopic (exact) mass is 666 g/mol. The van der Waals surface area contributed by atoms with Gasteiger partial charge >= 0.3 is 0 Å². The molecule has 6 heteroatoms. The first kappa shape index (κ1) is 29.7. The van der Waals surface area contributed by atoms with Crippen LogP contribution in [0.15, 0.2) is 182 Å². The second kappa shape index (κ2) is 12.3. The van der Waals surface area contributed by atoms with Gasteiger partial charge in [0.25, 0.3) is 0 Å². The van der Waals surface area contributed by atoms with Crippen molar-refractivity contribution in [2.75, 3.05) is 0 Å². The molecule has 10 aromatic rings. The van der Waals surface area contributed by atoms with Crippen molar-refractivity contribution in [3.05, 3.63) is 182 Å². The van der Waals surface area contributed by atoms with E-state index >= 15 is 0 Å². The molecule has 244 valence electrons. The molecule has 0 aliphatic carbocycles. The zero-order valence-electron chi connectivity index (χ0n) is 28.0. The lowest BCUT2D eigenvalue weighted by molar-refractivity contribution is 0.911. The first-order valence-electron chi connectivity index (χ1n) is 17.3. The van der Waals surface area contributed by atoms with Crippen molar-refractivity contribution in [1.29, 1.82) is 0 Å². The number of aromatic nitrogens is 6. The molecular weight excluding hydrogens is 637 g/mol. The number of rotatable bonds is 6. The van der Waals surface area contributed by atoms with E-state index in [1.54, 1.807) is 0 Å². The van der Waals surface area contributed by atoms with Crippen molar-refractivity contribution >= 4 is 32.7 Å². The fraction of sp³-hybridized carbons (Fsp3) is 0. The number of hydrogen-bond donors (Lipinski definition) is 0. The normalized spacial score (nSPS) is 11.5. The largest absolute Gasteiger partial charge is 0.309 e. The molecule has 0 saturated heterocycles. The first-order chi connectivity index (χ1) is 25.8. The topological polar surface area (TPSA) is 61.4 Å². The van der Waals surface area contributed by atoms with Crippen molar-refractivity contribution in [3.63, 3.8) is 0 Å². The summed E-state index contributed by atoms with van der Waals surface area (Å²) in [5.74, 6) is 1.93. The Hall–Kier alpha value is -7.18. The van der Waals surface area contributed by atoms with E-state index in [4.69, 9.17) is 20.1 Å². The first-order valence-corrected chi connectivity index (χ1v) is 17.3. The fourth-order valence-corrected chi connectivity index (χ4v) is 7.20. The summed E-state index contributed by atoms with van der Waals surface area (Å²) in [6, 6.07) is 60.7. The van der Waals surface area contributed by atoms with Crippen molar-refractivity contribution < 1.29 is 0 Å². The predicted molar refractivity (Wildman–Crippen MR) is 211 cm³/mol. The molecule has 7 aromatic carbocycles. The summed E-state index contributed by atoms with van der Waals surface area (Å²) in [6.07, 6.45) is 2.00. The molecule has 3 heterocycles. The van der Waals surface area contributed by atoms with E-state index in [0.29, 0.717) is 17.5 Å². The zero-order valence-corrected chi connectivity index (χ0v) is 28.0. The minimum atomic E-state index is 0.637. The van der Waals surface area contributed by atoms with Crippen LogP contribution in [0.25, 0.3) is 89.4 Å². The van der Waals surface area contributed by atoms with Gasteiger partial charge in [0.1, 0.15) is 0 Å². The summed E-state index contributed by atoms with van der Waals surface area (Å²) in [4.78, 5) is 14.8. The van der Waals surface area contributed by atoms with Crippen LogP contribution in [0.2, 0.25) is 0 Å². The maximum absolute atomic E-state index is 4.95. The molecular formula is C46H30N6. The average molecular weight is 667 g/mol. The minimum Gasteiger partial charge on any atom is -0.309 e. The highest BCUT2D eigenvalue weighted by Gasteiger charge is 2.18. The third-order valence-electron chi connectivity index (χ3n) is 9.67. The lowest BCUT2D eigenvalue weighted by atomic mass is 10.0. The van der Waals surface area contributed by atoms with E-state index in [1.165, 1.54) is 10.8 Å². The van der Waals surface area contributed by atoms with Crippen molar-refractivity contribution in [3.8, 4) is 56.7 Å². The quantitative estimate of drug-likeness (QED) is 0.177. The third-order valence-corrected chi connectivity index (χ3v) is 9.67. The molecule has 0 N–H and O–H groups in total. The van der Waals surface area contributed by atoms with Gasteiger partial charge in [-0.2, -0.15) is 5.10 Å². The highest BCUT2D eigenvalue weighted by Crippen LogP contribution is 2.38. The molecule has 3 aromatic heterocycles. The van der Waals surface area contributed by atoms with E-state index in [1.807, 2.05) is 89.7 Å². The molecule has 0 radical (unpaired) electrons. The van der Waals surface area contributed by atoms with E-state index < -0.39 is 0 Å². The molecule has 52 heavy (non-hydrogen) atoms. The van der Waals surface area contributed by atoms with Crippen LogP contribution in [-0.4, -0.2) is 29.3 Å². The van der Waals surface area contributed by atoms with Gasteiger partial charge < -0.3 is 4.57 Å². The van der Waals surface area contributed by atoms with Crippen LogP contribution < -0.4 is 0 Å². The Kier molecular flexibility index (Phi) is 7.03. The molecule has 0 atom stereocenters.